The fraction of sp³-hybridized carbons (Fsp3) is 0.382. The number of nitro benzene ring substituents is 1. The number of fused-ring (bicyclic) bond motifs is 4. The number of rotatable bonds is 8. The first-order chi connectivity index (χ1) is 18.6. The van der Waals surface area contributed by atoms with Crippen molar-refractivity contribution in [2.45, 2.75) is 71.6 Å². The molecule has 3 aromatic rings. The average Bonchev–Trinajstić information content (AvgIpc) is 3.26. The molecule has 0 aliphatic carbocycles. The first-order valence-electron chi connectivity index (χ1n) is 14.2. The molecule has 0 aromatic heterocycles. The zero-order valence-corrected chi connectivity index (χ0v) is 24.1. The molecule has 0 fully saturated rings. The minimum absolute atomic E-state index is 0.142. The highest BCUT2D eigenvalue weighted by molar-refractivity contribution is 6.07. The van der Waals surface area contributed by atoms with Crippen molar-refractivity contribution in [3.05, 3.63) is 99.8 Å². The number of anilines is 1. The molecule has 5 heteroatoms. The lowest BCUT2D eigenvalue weighted by Crippen LogP contribution is -2.28. The Balaban J connectivity index is 1.59. The van der Waals surface area contributed by atoms with E-state index in [0.29, 0.717) is 0 Å². The number of benzene rings is 3. The van der Waals surface area contributed by atoms with Gasteiger partial charge in [0.2, 0.25) is 5.69 Å². The summed E-state index contributed by atoms with van der Waals surface area (Å²) in [4.78, 5) is 13.6. The van der Waals surface area contributed by atoms with Gasteiger partial charge in [0, 0.05) is 59.6 Å². The second kappa shape index (κ2) is 10.1. The van der Waals surface area contributed by atoms with Crippen molar-refractivity contribution in [3.63, 3.8) is 0 Å². The molecule has 3 aromatic carbocycles. The van der Waals surface area contributed by atoms with Gasteiger partial charge in [-0.15, -0.1) is 0 Å². The van der Waals surface area contributed by atoms with Crippen LogP contribution in [0.15, 0.2) is 78.5 Å². The number of allylic oxidation sites excluding steroid dienone is 4. The molecule has 39 heavy (non-hydrogen) atoms. The standard InChI is InChI=1S/C34H40N3O2/c1-7-9-22-36-29-19-17-24-13-10-11-14-26(24)32(29)34(5,6)31(36)16-12-15-30-33(3,4)27-23-25(37(38)39)18-20-28(27)35(30)21-8-2/h10-20,23H,7-9,21-22H2,1-6H3/q+1. The van der Waals surface area contributed by atoms with E-state index in [1.165, 1.54) is 33.4 Å². The quantitative estimate of drug-likeness (QED) is 0.169. The normalized spacial score (nSPS) is 18.4. The highest BCUT2D eigenvalue weighted by Crippen LogP contribution is 2.49. The van der Waals surface area contributed by atoms with Gasteiger partial charge in [0.25, 0.3) is 5.69 Å². The Morgan fingerprint density at radius 3 is 2.46 bits per heavy atom. The molecule has 0 amide bonds. The number of non-ortho nitro benzene ring substituents is 1. The summed E-state index contributed by atoms with van der Waals surface area (Å²) in [6.45, 7) is 15.3. The van der Waals surface area contributed by atoms with E-state index in [2.05, 4.69) is 106 Å². The van der Waals surface area contributed by atoms with Crippen LogP contribution in [0.2, 0.25) is 0 Å². The maximum absolute atomic E-state index is 11.5. The van der Waals surface area contributed by atoms with Gasteiger partial charge in [0.05, 0.1) is 10.3 Å². The molecule has 0 atom stereocenters. The summed E-state index contributed by atoms with van der Waals surface area (Å²) in [5.74, 6) is 0. The Hall–Kier alpha value is -3.73. The Labute approximate surface area is 232 Å². The lowest BCUT2D eigenvalue weighted by Gasteiger charge is -2.26. The molecule has 0 N–H and O–H groups in total. The number of nitrogens with zero attached hydrogens (tertiary/aromatic N) is 3. The molecule has 0 bridgehead atoms. The smallest absolute Gasteiger partial charge is 0.269 e. The fourth-order valence-corrected chi connectivity index (χ4v) is 6.56. The van der Waals surface area contributed by atoms with Crippen LogP contribution in [0, 0.1) is 10.1 Å². The van der Waals surface area contributed by atoms with Gasteiger partial charge < -0.3 is 4.90 Å². The molecule has 0 saturated carbocycles. The summed E-state index contributed by atoms with van der Waals surface area (Å²) in [5, 5.41) is 14.1. The van der Waals surface area contributed by atoms with Crippen molar-refractivity contribution in [2.75, 3.05) is 18.0 Å². The maximum Gasteiger partial charge on any atom is 0.269 e. The molecule has 0 spiro atoms. The zero-order valence-electron chi connectivity index (χ0n) is 24.1. The van der Waals surface area contributed by atoms with E-state index < -0.39 is 0 Å². The summed E-state index contributed by atoms with van der Waals surface area (Å²) in [6.07, 6.45) is 9.99. The third-order valence-corrected chi connectivity index (χ3v) is 8.53. The van der Waals surface area contributed by atoms with Gasteiger partial charge in [-0.2, -0.15) is 4.58 Å². The van der Waals surface area contributed by atoms with Crippen molar-refractivity contribution >= 4 is 33.5 Å². The molecule has 0 saturated heterocycles. The molecule has 202 valence electrons. The van der Waals surface area contributed by atoms with E-state index in [4.69, 9.17) is 0 Å². The Morgan fingerprint density at radius 2 is 1.74 bits per heavy atom. The van der Waals surface area contributed by atoms with Gasteiger partial charge in [-0.25, -0.2) is 0 Å². The lowest BCUT2D eigenvalue weighted by molar-refractivity contribution is -0.438. The van der Waals surface area contributed by atoms with Crippen LogP contribution in [0.25, 0.3) is 10.8 Å². The van der Waals surface area contributed by atoms with Gasteiger partial charge in [0.15, 0.2) is 5.71 Å². The van der Waals surface area contributed by atoms with E-state index in [-0.39, 0.29) is 21.4 Å². The second-order valence-corrected chi connectivity index (χ2v) is 11.8. The predicted molar refractivity (Wildman–Crippen MR) is 163 cm³/mol. The van der Waals surface area contributed by atoms with Crippen molar-refractivity contribution in [1.82, 2.24) is 0 Å². The average molecular weight is 523 g/mol. The molecule has 2 aliphatic heterocycles. The van der Waals surface area contributed by atoms with Crippen LogP contribution in [0.3, 0.4) is 0 Å². The minimum Gasteiger partial charge on any atom is -0.344 e. The van der Waals surface area contributed by atoms with E-state index in [0.717, 1.165) is 43.6 Å². The molecular weight excluding hydrogens is 482 g/mol. The minimum atomic E-state index is -0.336. The van der Waals surface area contributed by atoms with E-state index in [1.54, 1.807) is 12.1 Å². The highest BCUT2D eigenvalue weighted by Gasteiger charge is 2.45. The molecule has 2 heterocycles. The van der Waals surface area contributed by atoms with Crippen LogP contribution < -0.4 is 4.90 Å². The number of hydrogen-bond acceptors (Lipinski definition) is 3. The summed E-state index contributed by atoms with van der Waals surface area (Å²) in [7, 11) is 0. The molecular formula is C34H40N3O2+. The number of hydrogen-bond donors (Lipinski definition) is 0. The van der Waals surface area contributed by atoms with Crippen LogP contribution in [-0.2, 0) is 10.8 Å². The van der Waals surface area contributed by atoms with Crippen molar-refractivity contribution in [3.8, 4) is 0 Å². The molecule has 0 unspecified atom stereocenters. The largest absolute Gasteiger partial charge is 0.344 e. The van der Waals surface area contributed by atoms with Crippen LogP contribution in [0.5, 0.6) is 0 Å². The summed E-state index contributed by atoms with van der Waals surface area (Å²) >= 11 is 0. The summed E-state index contributed by atoms with van der Waals surface area (Å²) in [6, 6.07) is 18.5. The Bertz CT molecular complexity index is 1540. The van der Waals surface area contributed by atoms with Gasteiger partial charge >= 0.3 is 0 Å². The molecule has 5 rings (SSSR count). The molecule has 5 nitrogen and oxygen atoms in total. The lowest BCUT2D eigenvalue weighted by atomic mass is 9.79. The van der Waals surface area contributed by atoms with Crippen LogP contribution in [0.4, 0.5) is 17.1 Å². The first kappa shape index (κ1) is 26.9. The molecule has 2 aliphatic rings. The predicted octanol–water partition coefficient (Wildman–Crippen LogP) is 8.57. The van der Waals surface area contributed by atoms with Gasteiger partial charge in [-0.1, -0.05) is 64.5 Å². The Kier molecular flexibility index (Phi) is 6.96. The van der Waals surface area contributed by atoms with Crippen LogP contribution in [-0.4, -0.2) is 28.3 Å². The maximum atomic E-state index is 11.5. The van der Waals surface area contributed by atoms with Crippen LogP contribution >= 0.6 is 0 Å². The first-order valence-corrected chi connectivity index (χ1v) is 14.2. The topological polar surface area (TPSA) is 49.4 Å². The SMILES string of the molecule is CCCC[N+]1=C(/C=C/C=C2\N(CCC)c3ccc([N+](=O)[O-])cc3C2(C)C)C(C)(C)c2c1ccc1ccccc21. The van der Waals surface area contributed by atoms with E-state index >= 15 is 0 Å². The van der Waals surface area contributed by atoms with Crippen molar-refractivity contribution in [1.29, 1.82) is 0 Å². The summed E-state index contributed by atoms with van der Waals surface area (Å²) in [5.41, 5.74) is 6.96. The highest BCUT2D eigenvalue weighted by atomic mass is 16.6. The Morgan fingerprint density at radius 1 is 0.974 bits per heavy atom. The number of unbranched alkanes of at least 4 members (excludes halogenated alkanes) is 1. The van der Waals surface area contributed by atoms with Gasteiger partial charge in [-0.05, 0) is 54.8 Å². The van der Waals surface area contributed by atoms with E-state index in [9.17, 15) is 10.1 Å². The number of nitro groups is 1. The van der Waals surface area contributed by atoms with Crippen molar-refractivity contribution in [2.24, 2.45) is 0 Å². The monoisotopic (exact) mass is 522 g/mol. The third-order valence-electron chi connectivity index (χ3n) is 8.53. The van der Waals surface area contributed by atoms with Gasteiger partial charge in [-0.3, -0.25) is 10.1 Å². The zero-order chi connectivity index (χ0) is 27.9. The third kappa shape index (κ3) is 4.38. The van der Waals surface area contributed by atoms with Crippen molar-refractivity contribution < 1.29 is 9.50 Å². The second-order valence-electron chi connectivity index (χ2n) is 11.8. The fourth-order valence-electron chi connectivity index (χ4n) is 6.56. The molecule has 0 radical (unpaired) electrons. The summed E-state index contributed by atoms with van der Waals surface area (Å²) < 4.78 is 2.52. The van der Waals surface area contributed by atoms with Crippen LogP contribution in [0.1, 0.15) is 71.9 Å². The van der Waals surface area contributed by atoms with E-state index in [1.807, 2.05) is 6.07 Å². The van der Waals surface area contributed by atoms with Gasteiger partial charge in [0.1, 0.15) is 6.54 Å².